The second-order valence-corrected chi connectivity index (χ2v) is 8.74. The monoisotopic (exact) mass is 422 g/mol. The Morgan fingerprint density at radius 3 is 2.78 bits per heavy atom. The second-order valence-electron chi connectivity index (χ2n) is 8.74. The van der Waals surface area contributed by atoms with Gasteiger partial charge in [-0.1, -0.05) is 37.1 Å². The van der Waals surface area contributed by atoms with Crippen molar-refractivity contribution in [1.29, 1.82) is 0 Å². The maximum atomic E-state index is 6.03. The number of hydrogen-bond acceptors (Lipinski definition) is 4. The van der Waals surface area contributed by atoms with Gasteiger partial charge in [0.15, 0.2) is 5.82 Å². The van der Waals surface area contributed by atoms with E-state index < -0.39 is 0 Å². The number of benzene rings is 2. The number of nitrogen functional groups attached to an aromatic ring is 1. The van der Waals surface area contributed by atoms with Gasteiger partial charge in [-0.05, 0) is 65.4 Å². The van der Waals surface area contributed by atoms with Crippen molar-refractivity contribution in [3.8, 4) is 22.4 Å². The van der Waals surface area contributed by atoms with Gasteiger partial charge >= 0.3 is 0 Å². The molecule has 5 aromatic rings. The number of anilines is 1. The Labute approximate surface area is 186 Å². The van der Waals surface area contributed by atoms with Gasteiger partial charge in [0, 0.05) is 35.2 Å². The van der Waals surface area contributed by atoms with E-state index in [4.69, 9.17) is 5.73 Å². The largest absolute Gasteiger partial charge is 0.382 e. The molecular formula is C26H26N6. The van der Waals surface area contributed by atoms with Crippen LogP contribution < -0.4 is 11.1 Å². The van der Waals surface area contributed by atoms with E-state index in [1.165, 1.54) is 36.8 Å². The minimum absolute atomic E-state index is 0.518. The molecule has 32 heavy (non-hydrogen) atoms. The molecule has 160 valence electrons. The first-order chi connectivity index (χ1) is 15.7. The number of nitrogens with zero attached hydrogens (tertiary/aromatic N) is 2. The van der Waals surface area contributed by atoms with Gasteiger partial charge in [-0.15, -0.1) is 0 Å². The first-order valence-corrected chi connectivity index (χ1v) is 11.3. The number of aromatic amines is 2. The Kier molecular flexibility index (Phi) is 4.65. The molecule has 1 saturated carbocycles. The maximum Gasteiger partial charge on any atom is 0.153 e. The SMILES string of the molecule is Nc1n[nH]c2ccc(-c3ccnc4[nH]c(-c5cccc(CNC6CCCC6)c5)cc34)cc12. The van der Waals surface area contributed by atoms with Crippen LogP contribution in [0.15, 0.2) is 60.8 Å². The summed E-state index contributed by atoms with van der Waals surface area (Å²) in [5, 5.41) is 12.8. The lowest BCUT2D eigenvalue weighted by Crippen LogP contribution is -2.25. The fourth-order valence-electron chi connectivity index (χ4n) is 4.88. The second kappa shape index (κ2) is 7.80. The van der Waals surface area contributed by atoms with Crippen LogP contribution in [0.2, 0.25) is 0 Å². The Morgan fingerprint density at radius 1 is 0.969 bits per heavy atom. The lowest BCUT2D eigenvalue weighted by Gasteiger charge is -2.12. The van der Waals surface area contributed by atoms with Gasteiger partial charge in [-0.25, -0.2) is 4.98 Å². The Hall–Kier alpha value is -3.64. The number of aromatic nitrogens is 4. The van der Waals surface area contributed by atoms with Crippen LogP contribution in [0.5, 0.6) is 0 Å². The molecule has 1 aliphatic rings. The van der Waals surface area contributed by atoms with E-state index in [2.05, 4.69) is 74.0 Å². The number of pyridine rings is 1. The topological polar surface area (TPSA) is 95.4 Å². The fraction of sp³-hybridized carbons (Fsp3) is 0.231. The van der Waals surface area contributed by atoms with E-state index in [0.717, 1.165) is 45.3 Å². The first-order valence-electron chi connectivity index (χ1n) is 11.3. The summed E-state index contributed by atoms with van der Waals surface area (Å²) in [6.07, 6.45) is 7.14. The van der Waals surface area contributed by atoms with Crippen molar-refractivity contribution in [2.24, 2.45) is 0 Å². The van der Waals surface area contributed by atoms with Crippen LogP contribution in [0, 0.1) is 0 Å². The van der Waals surface area contributed by atoms with Crippen molar-refractivity contribution < 1.29 is 0 Å². The van der Waals surface area contributed by atoms with Crippen molar-refractivity contribution in [2.75, 3.05) is 5.73 Å². The Bertz CT molecular complexity index is 1410. The number of rotatable bonds is 5. The molecule has 6 nitrogen and oxygen atoms in total. The van der Waals surface area contributed by atoms with E-state index >= 15 is 0 Å². The smallest absolute Gasteiger partial charge is 0.153 e. The van der Waals surface area contributed by atoms with E-state index in [1.807, 2.05) is 12.3 Å². The molecule has 0 unspecified atom stereocenters. The zero-order valence-electron chi connectivity index (χ0n) is 17.9. The first kappa shape index (κ1) is 19.1. The van der Waals surface area contributed by atoms with Gasteiger partial charge < -0.3 is 16.0 Å². The summed E-state index contributed by atoms with van der Waals surface area (Å²) in [7, 11) is 0. The number of fused-ring (bicyclic) bond motifs is 2. The molecule has 6 rings (SSSR count). The molecule has 0 spiro atoms. The van der Waals surface area contributed by atoms with Gasteiger partial charge in [0.25, 0.3) is 0 Å². The normalized spacial score (nSPS) is 14.6. The van der Waals surface area contributed by atoms with Crippen molar-refractivity contribution in [2.45, 2.75) is 38.3 Å². The average Bonchev–Trinajstić information content (AvgIpc) is 3.58. The summed E-state index contributed by atoms with van der Waals surface area (Å²) in [6.45, 7) is 0.911. The molecule has 3 heterocycles. The predicted octanol–water partition coefficient (Wildman–Crippen LogP) is 5.39. The van der Waals surface area contributed by atoms with Gasteiger partial charge in [0.05, 0.1) is 5.52 Å². The molecule has 0 atom stereocenters. The quantitative estimate of drug-likeness (QED) is 0.305. The number of nitrogens with two attached hydrogens (primary N) is 1. The molecule has 1 fully saturated rings. The molecule has 0 bridgehead atoms. The van der Waals surface area contributed by atoms with Crippen LogP contribution in [-0.2, 0) is 6.54 Å². The molecule has 0 aliphatic heterocycles. The maximum absolute atomic E-state index is 6.03. The van der Waals surface area contributed by atoms with E-state index in [1.54, 1.807) is 0 Å². The molecular weight excluding hydrogens is 396 g/mol. The van der Waals surface area contributed by atoms with Crippen LogP contribution in [0.1, 0.15) is 31.2 Å². The lowest BCUT2D eigenvalue weighted by atomic mass is 10.0. The van der Waals surface area contributed by atoms with Gasteiger partial charge in [-0.2, -0.15) is 5.10 Å². The molecule has 0 radical (unpaired) electrons. The van der Waals surface area contributed by atoms with Crippen molar-refractivity contribution in [3.05, 3.63) is 66.4 Å². The van der Waals surface area contributed by atoms with Crippen LogP contribution >= 0.6 is 0 Å². The minimum atomic E-state index is 0.518. The molecule has 2 aromatic carbocycles. The van der Waals surface area contributed by atoms with Gasteiger partial charge in [-0.3, -0.25) is 5.10 Å². The van der Waals surface area contributed by atoms with Gasteiger partial charge in [0.2, 0.25) is 0 Å². The summed E-state index contributed by atoms with van der Waals surface area (Å²) >= 11 is 0. The fourth-order valence-corrected chi connectivity index (χ4v) is 4.88. The van der Waals surface area contributed by atoms with Crippen LogP contribution in [0.4, 0.5) is 5.82 Å². The number of nitrogens with one attached hydrogen (secondary N) is 3. The van der Waals surface area contributed by atoms with Crippen LogP contribution in [0.3, 0.4) is 0 Å². The van der Waals surface area contributed by atoms with Crippen LogP contribution in [-0.4, -0.2) is 26.2 Å². The zero-order valence-corrected chi connectivity index (χ0v) is 17.9. The summed E-state index contributed by atoms with van der Waals surface area (Å²) < 4.78 is 0. The molecule has 3 aromatic heterocycles. The molecule has 0 amide bonds. The predicted molar refractivity (Wildman–Crippen MR) is 130 cm³/mol. The van der Waals surface area contributed by atoms with Gasteiger partial charge in [0.1, 0.15) is 5.65 Å². The highest BCUT2D eigenvalue weighted by Crippen LogP contribution is 2.33. The van der Waals surface area contributed by atoms with Crippen LogP contribution in [0.25, 0.3) is 44.3 Å². The van der Waals surface area contributed by atoms with E-state index in [-0.39, 0.29) is 0 Å². The number of H-pyrrole nitrogens is 2. The third-order valence-corrected chi connectivity index (χ3v) is 6.62. The molecule has 0 saturated heterocycles. The third kappa shape index (κ3) is 3.42. The Balaban J connectivity index is 1.35. The summed E-state index contributed by atoms with van der Waals surface area (Å²) in [4.78, 5) is 8.10. The van der Waals surface area contributed by atoms with E-state index in [0.29, 0.717) is 11.9 Å². The highest BCUT2D eigenvalue weighted by molar-refractivity contribution is 5.99. The Morgan fingerprint density at radius 2 is 1.88 bits per heavy atom. The number of hydrogen-bond donors (Lipinski definition) is 4. The van der Waals surface area contributed by atoms with Crippen molar-refractivity contribution >= 4 is 27.8 Å². The third-order valence-electron chi connectivity index (χ3n) is 6.62. The van der Waals surface area contributed by atoms with Crippen molar-refractivity contribution in [1.82, 2.24) is 25.5 Å². The highest BCUT2D eigenvalue weighted by Gasteiger charge is 2.15. The molecule has 1 aliphatic carbocycles. The standard InChI is InChI=1S/C26H26N6/c27-25-22-13-17(8-9-23(22)31-32-25)20-10-11-28-26-21(20)14-24(30-26)18-5-3-4-16(12-18)15-29-19-6-1-2-7-19/h3-5,8-14,19,29H,1-2,6-7,15H2,(H,28,30)(H3,27,31,32). The average molecular weight is 423 g/mol. The van der Waals surface area contributed by atoms with Crippen molar-refractivity contribution in [3.63, 3.8) is 0 Å². The summed E-state index contributed by atoms with van der Waals surface area (Å²) in [5.74, 6) is 0.518. The molecule has 6 heteroatoms. The minimum Gasteiger partial charge on any atom is -0.382 e. The zero-order chi connectivity index (χ0) is 21.5. The lowest BCUT2D eigenvalue weighted by molar-refractivity contribution is 0.524. The summed E-state index contributed by atoms with van der Waals surface area (Å²) in [5.41, 5.74) is 13.6. The summed E-state index contributed by atoms with van der Waals surface area (Å²) in [6, 6.07) is 19.9. The molecule has 5 N–H and O–H groups in total. The van der Waals surface area contributed by atoms with E-state index in [9.17, 15) is 0 Å². The highest BCUT2D eigenvalue weighted by atomic mass is 15.1.